The molecule has 28 heavy (non-hydrogen) atoms. The number of carbonyl (C=O) groups is 1. The predicted octanol–water partition coefficient (Wildman–Crippen LogP) is 4.00. The van der Waals surface area contributed by atoms with Crippen LogP contribution in [0.2, 0.25) is 0 Å². The van der Waals surface area contributed by atoms with E-state index >= 15 is 0 Å². The van der Waals surface area contributed by atoms with Gasteiger partial charge < -0.3 is 5.32 Å². The highest BCUT2D eigenvalue weighted by molar-refractivity contribution is 6.18. The zero-order chi connectivity index (χ0) is 20.1. The molecule has 8 heteroatoms. The number of halogens is 1. The minimum Gasteiger partial charge on any atom is -0.351 e. The Morgan fingerprint density at radius 3 is 2.50 bits per heavy atom. The number of carbonyl (C=O) groups excluding carboxylic acids is 1. The molecule has 0 bridgehead atoms. The summed E-state index contributed by atoms with van der Waals surface area (Å²) in [5, 5.41) is 13.9. The van der Waals surface area contributed by atoms with Crippen molar-refractivity contribution in [1.82, 2.24) is 15.3 Å². The Kier molecular flexibility index (Phi) is 5.96. The first-order valence-electron chi connectivity index (χ1n) is 8.54. The molecule has 1 aromatic heterocycles. The first-order valence-corrected chi connectivity index (χ1v) is 9.07. The maximum Gasteiger partial charge on any atom is 0.270 e. The number of aromatic nitrogens is 2. The molecule has 142 valence electrons. The zero-order valence-corrected chi connectivity index (χ0v) is 15.8. The Morgan fingerprint density at radius 1 is 1.11 bits per heavy atom. The average Bonchev–Trinajstić information content (AvgIpc) is 2.72. The molecule has 3 aromatic rings. The van der Waals surface area contributed by atoms with Crippen LogP contribution < -0.4 is 5.32 Å². The zero-order valence-electron chi connectivity index (χ0n) is 15.1. The van der Waals surface area contributed by atoms with Crippen molar-refractivity contribution in [2.24, 2.45) is 0 Å². The fraction of sp³-hybridized carbons (Fsp3) is 0.150. The van der Waals surface area contributed by atoms with Gasteiger partial charge in [-0.2, -0.15) is 0 Å². The molecule has 0 saturated heterocycles. The fourth-order valence-electron chi connectivity index (χ4n) is 2.79. The Hall–Kier alpha value is -3.32. The molecule has 3 rings (SSSR count). The van der Waals surface area contributed by atoms with Gasteiger partial charge in [0.25, 0.3) is 11.6 Å². The first kappa shape index (κ1) is 19.4. The van der Waals surface area contributed by atoms with E-state index in [4.69, 9.17) is 11.6 Å². The molecule has 2 aromatic carbocycles. The maximum atomic E-state index is 12.7. The summed E-state index contributed by atoms with van der Waals surface area (Å²) >= 11 is 5.67. The van der Waals surface area contributed by atoms with E-state index in [1.807, 2.05) is 30.3 Å². The van der Waals surface area contributed by atoms with Gasteiger partial charge in [-0.3, -0.25) is 14.9 Å². The first-order chi connectivity index (χ1) is 13.5. The van der Waals surface area contributed by atoms with Crippen molar-refractivity contribution >= 4 is 23.2 Å². The van der Waals surface area contributed by atoms with Crippen molar-refractivity contribution in [2.75, 3.05) is 12.4 Å². The van der Waals surface area contributed by atoms with Crippen LogP contribution in [0, 0.1) is 17.0 Å². The molecule has 0 aliphatic rings. The lowest BCUT2D eigenvalue weighted by Crippen LogP contribution is -2.27. The standard InChI is InChI=1S/C20H17ClN4O3/c1-13-17(20(26)22-11-10-21)18(15-8-5-9-16(12-15)25(27)28)24-19(23-13)14-6-3-2-4-7-14/h2-9,12H,10-11H2,1H3,(H,22,26). The SMILES string of the molecule is Cc1nc(-c2ccccc2)nc(-c2cccc([N+](=O)[O-])c2)c1C(=O)NCCCl. The third-order valence-corrected chi connectivity index (χ3v) is 4.25. The number of nitro groups is 1. The summed E-state index contributed by atoms with van der Waals surface area (Å²) in [5.74, 6) is 0.327. The highest BCUT2D eigenvalue weighted by Gasteiger charge is 2.21. The van der Waals surface area contributed by atoms with E-state index in [-0.39, 0.29) is 29.6 Å². The quantitative estimate of drug-likeness (QED) is 0.386. The van der Waals surface area contributed by atoms with Gasteiger partial charge in [0.05, 0.1) is 21.9 Å². The minimum atomic E-state index is -0.483. The van der Waals surface area contributed by atoms with Gasteiger partial charge in [0, 0.05) is 35.7 Å². The molecule has 0 atom stereocenters. The van der Waals surface area contributed by atoms with Crippen LogP contribution in [0.5, 0.6) is 0 Å². The molecule has 0 aliphatic heterocycles. The number of rotatable bonds is 6. The lowest BCUT2D eigenvalue weighted by atomic mass is 10.0. The van der Waals surface area contributed by atoms with Crippen molar-refractivity contribution < 1.29 is 9.72 Å². The van der Waals surface area contributed by atoms with Crippen molar-refractivity contribution in [3.63, 3.8) is 0 Å². The lowest BCUT2D eigenvalue weighted by molar-refractivity contribution is -0.384. The summed E-state index contributed by atoms with van der Waals surface area (Å²) in [5.41, 5.74) is 2.25. The molecular formula is C20H17ClN4O3. The van der Waals surface area contributed by atoms with Gasteiger partial charge >= 0.3 is 0 Å². The number of alkyl halides is 1. The molecule has 0 fully saturated rings. The molecule has 0 saturated carbocycles. The van der Waals surface area contributed by atoms with E-state index in [0.717, 1.165) is 5.56 Å². The number of aryl methyl sites for hydroxylation is 1. The van der Waals surface area contributed by atoms with Crippen LogP contribution in [-0.2, 0) is 0 Å². The summed E-state index contributed by atoms with van der Waals surface area (Å²) in [6, 6.07) is 15.4. The number of benzene rings is 2. The topological polar surface area (TPSA) is 98.0 Å². The monoisotopic (exact) mass is 396 g/mol. The van der Waals surface area contributed by atoms with Gasteiger partial charge in [-0.05, 0) is 6.92 Å². The molecule has 1 heterocycles. The Balaban J connectivity index is 2.21. The van der Waals surface area contributed by atoms with Crippen LogP contribution in [0.4, 0.5) is 5.69 Å². The van der Waals surface area contributed by atoms with Gasteiger partial charge in [-0.15, -0.1) is 11.6 Å². The fourth-order valence-corrected chi connectivity index (χ4v) is 2.88. The third kappa shape index (κ3) is 4.15. The van der Waals surface area contributed by atoms with Gasteiger partial charge in [0.2, 0.25) is 0 Å². The van der Waals surface area contributed by atoms with E-state index in [1.54, 1.807) is 19.1 Å². The van der Waals surface area contributed by atoms with Gasteiger partial charge in [0.15, 0.2) is 5.82 Å². The molecule has 0 radical (unpaired) electrons. The van der Waals surface area contributed by atoms with Crippen LogP contribution in [0.3, 0.4) is 0 Å². The summed E-state index contributed by atoms with van der Waals surface area (Å²) in [6.07, 6.45) is 0. The second kappa shape index (κ2) is 8.58. The van der Waals surface area contributed by atoms with Gasteiger partial charge in [0.1, 0.15) is 0 Å². The number of nitrogens with one attached hydrogen (secondary N) is 1. The summed E-state index contributed by atoms with van der Waals surface area (Å²) < 4.78 is 0. The van der Waals surface area contributed by atoms with Crippen molar-refractivity contribution in [3.05, 3.63) is 76.0 Å². The lowest BCUT2D eigenvalue weighted by Gasteiger charge is -2.13. The largest absolute Gasteiger partial charge is 0.351 e. The Labute approximate surface area is 166 Å². The highest BCUT2D eigenvalue weighted by atomic mass is 35.5. The minimum absolute atomic E-state index is 0.0813. The van der Waals surface area contributed by atoms with E-state index in [2.05, 4.69) is 15.3 Å². The average molecular weight is 397 g/mol. The number of nitrogens with zero attached hydrogens (tertiary/aromatic N) is 3. The Bertz CT molecular complexity index is 1030. The number of hydrogen-bond acceptors (Lipinski definition) is 5. The molecule has 7 nitrogen and oxygen atoms in total. The highest BCUT2D eigenvalue weighted by Crippen LogP contribution is 2.29. The third-order valence-electron chi connectivity index (χ3n) is 4.06. The molecule has 1 N–H and O–H groups in total. The van der Waals surface area contributed by atoms with E-state index in [9.17, 15) is 14.9 Å². The smallest absolute Gasteiger partial charge is 0.270 e. The van der Waals surface area contributed by atoms with Crippen LogP contribution >= 0.6 is 11.6 Å². The number of non-ortho nitro benzene ring substituents is 1. The van der Waals surface area contributed by atoms with Gasteiger partial charge in [-0.1, -0.05) is 42.5 Å². The van der Waals surface area contributed by atoms with Gasteiger partial charge in [-0.25, -0.2) is 9.97 Å². The molecule has 0 spiro atoms. The normalized spacial score (nSPS) is 10.5. The number of amides is 1. The molecule has 0 aliphatic carbocycles. The van der Waals surface area contributed by atoms with Crippen LogP contribution in [0.1, 0.15) is 16.1 Å². The summed E-state index contributed by atoms with van der Waals surface area (Å²) in [6.45, 7) is 2.00. The van der Waals surface area contributed by atoms with E-state index < -0.39 is 4.92 Å². The molecular weight excluding hydrogens is 380 g/mol. The summed E-state index contributed by atoms with van der Waals surface area (Å²) in [7, 11) is 0. The van der Waals surface area contributed by atoms with Crippen LogP contribution in [0.25, 0.3) is 22.6 Å². The van der Waals surface area contributed by atoms with Crippen molar-refractivity contribution in [1.29, 1.82) is 0 Å². The maximum absolute atomic E-state index is 12.7. The van der Waals surface area contributed by atoms with Crippen LogP contribution in [-0.4, -0.2) is 33.2 Å². The molecule has 1 amide bonds. The van der Waals surface area contributed by atoms with Crippen molar-refractivity contribution in [2.45, 2.75) is 6.92 Å². The summed E-state index contributed by atoms with van der Waals surface area (Å²) in [4.78, 5) is 32.5. The van der Waals surface area contributed by atoms with E-state index in [1.165, 1.54) is 12.1 Å². The second-order valence-corrected chi connectivity index (χ2v) is 6.35. The van der Waals surface area contributed by atoms with Crippen LogP contribution in [0.15, 0.2) is 54.6 Å². The number of nitro benzene ring substituents is 1. The number of hydrogen-bond donors (Lipinski definition) is 1. The second-order valence-electron chi connectivity index (χ2n) is 5.97. The molecule has 0 unspecified atom stereocenters. The predicted molar refractivity (Wildman–Crippen MR) is 107 cm³/mol. The Morgan fingerprint density at radius 2 is 1.82 bits per heavy atom. The van der Waals surface area contributed by atoms with Crippen molar-refractivity contribution in [3.8, 4) is 22.6 Å². The van der Waals surface area contributed by atoms with E-state index in [0.29, 0.717) is 22.8 Å².